The number of ether oxygens (including phenoxy) is 2. The summed E-state index contributed by atoms with van der Waals surface area (Å²) in [6.45, 7) is 0.429. The van der Waals surface area contributed by atoms with Gasteiger partial charge in [-0.05, 0) is 24.8 Å². The molecule has 0 aromatic carbocycles. The van der Waals surface area contributed by atoms with Gasteiger partial charge in [-0.25, -0.2) is 9.78 Å². The van der Waals surface area contributed by atoms with Crippen molar-refractivity contribution in [2.75, 3.05) is 6.61 Å². The third-order valence-corrected chi connectivity index (χ3v) is 3.78. The molecule has 0 amide bonds. The Morgan fingerprint density at radius 3 is 2.80 bits per heavy atom. The summed E-state index contributed by atoms with van der Waals surface area (Å²) in [5.74, 6) is 1.17. The number of carbonyl (C=O) groups is 1. The monoisotopic (exact) mass is 277 g/mol. The topological polar surface area (TPSA) is 48.4 Å². The zero-order valence-corrected chi connectivity index (χ0v) is 11.9. The van der Waals surface area contributed by atoms with Crippen LogP contribution < -0.4 is 4.74 Å². The van der Waals surface area contributed by atoms with Crippen molar-refractivity contribution in [1.82, 2.24) is 4.98 Å². The van der Waals surface area contributed by atoms with Gasteiger partial charge in [0.2, 0.25) is 5.88 Å². The van der Waals surface area contributed by atoms with Gasteiger partial charge in [0.1, 0.15) is 0 Å². The Morgan fingerprint density at radius 2 is 2.05 bits per heavy atom. The van der Waals surface area contributed by atoms with E-state index in [9.17, 15) is 4.79 Å². The molecule has 0 N–H and O–H groups in total. The van der Waals surface area contributed by atoms with Crippen molar-refractivity contribution in [2.24, 2.45) is 5.92 Å². The Balaban J connectivity index is 1.51. The van der Waals surface area contributed by atoms with Crippen LogP contribution in [0.1, 0.15) is 51.4 Å². The predicted octanol–water partition coefficient (Wildman–Crippen LogP) is 4.35. The van der Waals surface area contributed by atoms with Gasteiger partial charge in [-0.15, -0.1) is 0 Å². The van der Waals surface area contributed by atoms with Gasteiger partial charge in [0.05, 0.1) is 6.61 Å². The number of pyridine rings is 1. The van der Waals surface area contributed by atoms with Gasteiger partial charge in [0.25, 0.3) is 0 Å². The molecule has 0 saturated heterocycles. The maximum atomic E-state index is 11.4. The lowest BCUT2D eigenvalue weighted by atomic mass is 9.86. The van der Waals surface area contributed by atoms with Crippen molar-refractivity contribution in [1.29, 1.82) is 0 Å². The average Bonchev–Trinajstić information content (AvgIpc) is 2.49. The molecule has 0 radical (unpaired) electrons. The fraction of sp³-hybridized carbons (Fsp3) is 0.625. The van der Waals surface area contributed by atoms with Gasteiger partial charge < -0.3 is 9.47 Å². The maximum Gasteiger partial charge on any atom is 0.515 e. The maximum absolute atomic E-state index is 11.4. The molecule has 2 rings (SSSR count). The SMILES string of the molecule is O=C(OCCCCC1CCCCC1)Oc1ccccn1. The van der Waals surface area contributed by atoms with E-state index in [1.54, 1.807) is 24.4 Å². The smallest absolute Gasteiger partial charge is 0.434 e. The summed E-state index contributed by atoms with van der Waals surface area (Å²) in [7, 11) is 0. The van der Waals surface area contributed by atoms with Crippen molar-refractivity contribution in [3.05, 3.63) is 24.4 Å². The van der Waals surface area contributed by atoms with E-state index in [0.29, 0.717) is 6.61 Å². The Bertz CT molecular complexity index is 388. The highest BCUT2D eigenvalue weighted by Gasteiger charge is 2.13. The summed E-state index contributed by atoms with van der Waals surface area (Å²) in [4.78, 5) is 15.3. The van der Waals surface area contributed by atoms with Crippen molar-refractivity contribution < 1.29 is 14.3 Å². The zero-order valence-electron chi connectivity index (χ0n) is 11.9. The molecular formula is C16H23NO3. The molecule has 0 spiro atoms. The van der Waals surface area contributed by atoms with E-state index in [4.69, 9.17) is 9.47 Å². The van der Waals surface area contributed by atoms with E-state index in [1.165, 1.54) is 38.5 Å². The molecule has 1 aliphatic carbocycles. The lowest BCUT2D eigenvalue weighted by Crippen LogP contribution is -2.12. The quantitative estimate of drug-likeness (QED) is 0.573. The van der Waals surface area contributed by atoms with Crippen molar-refractivity contribution in [3.8, 4) is 5.88 Å². The molecule has 1 aromatic rings. The summed E-state index contributed by atoms with van der Waals surface area (Å²) in [6.07, 6.45) is 11.1. The van der Waals surface area contributed by atoms with Crippen molar-refractivity contribution >= 4 is 6.16 Å². The predicted molar refractivity (Wildman–Crippen MR) is 76.6 cm³/mol. The largest absolute Gasteiger partial charge is 0.515 e. The second kappa shape index (κ2) is 8.56. The third-order valence-electron chi connectivity index (χ3n) is 3.78. The highest BCUT2D eigenvalue weighted by molar-refractivity contribution is 5.62. The van der Waals surface area contributed by atoms with Gasteiger partial charge in [-0.1, -0.05) is 44.6 Å². The van der Waals surface area contributed by atoms with E-state index in [-0.39, 0.29) is 5.88 Å². The van der Waals surface area contributed by atoms with Gasteiger partial charge >= 0.3 is 6.16 Å². The molecule has 0 atom stereocenters. The first-order chi connectivity index (χ1) is 9.84. The van der Waals surface area contributed by atoms with Crippen molar-refractivity contribution in [2.45, 2.75) is 51.4 Å². The van der Waals surface area contributed by atoms with Crippen LogP contribution >= 0.6 is 0 Å². The Kier molecular flexibility index (Phi) is 6.35. The second-order valence-electron chi connectivity index (χ2n) is 5.37. The average molecular weight is 277 g/mol. The lowest BCUT2D eigenvalue weighted by molar-refractivity contribution is 0.0952. The van der Waals surface area contributed by atoms with Crippen LogP contribution in [0.2, 0.25) is 0 Å². The second-order valence-corrected chi connectivity index (χ2v) is 5.37. The minimum atomic E-state index is -0.665. The first-order valence-electron chi connectivity index (χ1n) is 7.60. The molecule has 1 aromatic heterocycles. The molecule has 0 aliphatic heterocycles. The normalized spacial score (nSPS) is 15.8. The molecule has 20 heavy (non-hydrogen) atoms. The number of aromatic nitrogens is 1. The first-order valence-corrected chi connectivity index (χ1v) is 7.60. The number of hydrogen-bond acceptors (Lipinski definition) is 4. The molecular weight excluding hydrogens is 254 g/mol. The molecule has 110 valence electrons. The van der Waals surface area contributed by atoms with Crippen LogP contribution in [0, 0.1) is 5.92 Å². The highest BCUT2D eigenvalue weighted by atomic mass is 16.7. The number of carbonyl (C=O) groups excluding carboxylic acids is 1. The van der Waals surface area contributed by atoms with Crippen LogP contribution in [0.15, 0.2) is 24.4 Å². The van der Waals surface area contributed by atoms with Crippen LogP contribution in [0.4, 0.5) is 4.79 Å². The minimum absolute atomic E-state index is 0.278. The van der Waals surface area contributed by atoms with Gasteiger partial charge in [0, 0.05) is 12.3 Å². The summed E-state index contributed by atoms with van der Waals surface area (Å²) >= 11 is 0. The van der Waals surface area contributed by atoms with Crippen LogP contribution in [-0.4, -0.2) is 17.7 Å². The van der Waals surface area contributed by atoms with Gasteiger partial charge in [-0.3, -0.25) is 0 Å². The Hall–Kier alpha value is -1.58. The summed E-state index contributed by atoms with van der Waals surface area (Å²) in [5, 5.41) is 0. The standard InChI is InChI=1S/C16H23NO3/c18-16(20-15-11-4-6-12-17-15)19-13-7-5-10-14-8-2-1-3-9-14/h4,6,11-12,14H,1-3,5,7-10,13H2. The van der Waals surface area contributed by atoms with Crippen LogP contribution in [-0.2, 0) is 4.74 Å². The number of rotatable bonds is 6. The molecule has 4 nitrogen and oxygen atoms in total. The van der Waals surface area contributed by atoms with Crippen LogP contribution in [0.5, 0.6) is 5.88 Å². The highest BCUT2D eigenvalue weighted by Crippen LogP contribution is 2.27. The third kappa shape index (κ3) is 5.59. The number of nitrogens with zero attached hydrogens (tertiary/aromatic N) is 1. The van der Waals surface area contributed by atoms with Crippen molar-refractivity contribution in [3.63, 3.8) is 0 Å². The van der Waals surface area contributed by atoms with Crippen LogP contribution in [0.25, 0.3) is 0 Å². The fourth-order valence-corrected chi connectivity index (χ4v) is 2.69. The molecule has 1 saturated carbocycles. The molecule has 1 aliphatic rings. The molecule has 1 fully saturated rings. The van der Waals surface area contributed by atoms with E-state index in [0.717, 1.165) is 18.8 Å². The fourth-order valence-electron chi connectivity index (χ4n) is 2.69. The molecule has 4 heteroatoms. The van der Waals surface area contributed by atoms with Crippen LogP contribution in [0.3, 0.4) is 0 Å². The number of unbranched alkanes of at least 4 members (excludes halogenated alkanes) is 1. The van der Waals surface area contributed by atoms with E-state index >= 15 is 0 Å². The minimum Gasteiger partial charge on any atom is -0.434 e. The first kappa shape index (κ1) is 14.8. The summed E-state index contributed by atoms with van der Waals surface area (Å²) in [5.41, 5.74) is 0. The zero-order chi connectivity index (χ0) is 14.0. The number of hydrogen-bond donors (Lipinski definition) is 0. The molecule has 0 unspecified atom stereocenters. The molecule has 0 bridgehead atoms. The van der Waals surface area contributed by atoms with Gasteiger partial charge in [-0.2, -0.15) is 0 Å². The van der Waals surface area contributed by atoms with Gasteiger partial charge in [0.15, 0.2) is 0 Å². The lowest BCUT2D eigenvalue weighted by Gasteiger charge is -2.21. The Labute approximate surface area is 120 Å². The summed E-state index contributed by atoms with van der Waals surface area (Å²) < 4.78 is 9.97. The van der Waals surface area contributed by atoms with E-state index in [1.807, 2.05) is 0 Å². The van der Waals surface area contributed by atoms with E-state index in [2.05, 4.69) is 4.98 Å². The summed E-state index contributed by atoms with van der Waals surface area (Å²) in [6, 6.07) is 5.16. The Morgan fingerprint density at radius 1 is 1.20 bits per heavy atom. The van der Waals surface area contributed by atoms with E-state index < -0.39 is 6.16 Å². The molecule has 1 heterocycles.